The van der Waals surface area contributed by atoms with Gasteiger partial charge in [0.2, 0.25) is 0 Å². The summed E-state index contributed by atoms with van der Waals surface area (Å²) >= 11 is 0. The van der Waals surface area contributed by atoms with Crippen molar-refractivity contribution in [3.63, 3.8) is 0 Å². The highest BCUT2D eigenvalue weighted by Crippen LogP contribution is 2.19. The van der Waals surface area contributed by atoms with Gasteiger partial charge in [0.25, 0.3) is 11.1 Å². The fourth-order valence-corrected chi connectivity index (χ4v) is 3.25. The number of aryl methyl sites for hydroxylation is 2. The Kier molecular flexibility index (Phi) is 3.86. The Hall–Kier alpha value is -3.65. The molecule has 0 saturated heterocycles. The minimum absolute atomic E-state index is 0.0543. The highest BCUT2D eigenvalue weighted by atomic mass is 16.1. The Morgan fingerprint density at radius 3 is 2.65 bits per heavy atom. The first kappa shape index (κ1) is 15.9. The first-order valence-corrected chi connectivity index (χ1v) is 8.30. The van der Waals surface area contributed by atoms with Crippen LogP contribution < -0.4 is 11.1 Å². The van der Waals surface area contributed by atoms with Crippen molar-refractivity contribution < 1.29 is 0 Å². The molecule has 1 N–H and O–H groups in total. The predicted molar refractivity (Wildman–Crippen MR) is 101 cm³/mol. The van der Waals surface area contributed by atoms with E-state index in [9.17, 15) is 9.59 Å². The molecule has 0 radical (unpaired) electrons. The summed E-state index contributed by atoms with van der Waals surface area (Å²) in [4.78, 5) is 27.0. The number of nitriles is 1. The van der Waals surface area contributed by atoms with E-state index in [-0.39, 0.29) is 11.1 Å². The van der Waals surface area contributed by atoms with E-state index in [1.54, 1.807) is 16.8 Å². The van der Waals surface area contributed by atoms with Crippen LogP contribution in [0, 0.1) is 11.3 Å². The molecule has 0 spiro atoms. The number of benzene rings is 2. The summed E-state index contributed by atoms with van der Waals surface area (Å²) < 4.78 is 1.61. The zero-order valence-corrected chi connectivity index (χ0v) is 13.9. The second kappa shape index (κ2) is 6.34. The SMILES string of the molecule is N#Cc1cc2c(=O)n(CCc3cccc4ccccc34)ccc2[nH]c1=O. The zero-order valence-electron chi connectivity index (χ0n) is 13.9. The van der Waals surface area contributed by atoms with Crippen LogP contribution in [0.3, 0.4) is 0 Å². The molecular weight excluding hydrogens is 326 g/mol. The number of fused-ring (bicyclic) bond motifs is 2. The highest BCUT2D eigenvalue weighted by Gasteiger charge is 2.08. The van der Waals surface area contributed by atoms with Gasteiger partial charge in [0.05, 0.1) is 10.9 Å². The van der Waals surface area contributed by atoms with Gasteiger partial charge < -0.3 is 9.55 Å². The van der Waals surface area contributed by atoms with Crippen molar-refractivity contribution in [1.82, 2.24) is 9.55 Å². The van der Waals surface area contributed by atoms with Crippen molar-refractivity contribution in [3.05, 3.63) is 92.6 Å². The zero-order chi connectivity index (χ0) is 18.1. The van der Waals surface area contributed by atoms with E-state index in [0.717, 1.165) is 0 Å². The van der Waals surface area contributed by atoms with Crippen molar-refractivity contribution >= 4 is 21.7 Å². The lowest BCUT2D eigenvalue weighted by Gasteiger charge is -2.09. The van der Waals surface area contributed by atoms with E-state index >= 15 is 0 Å². The largest absolute Gasteiger partial charge is 0.321 e. The molecule has 0 atom stereocenters. The van der Waals surface area contributed by atoms with Gasteiger partial charge in [0.1, 0.15) is 11.6 Å². The monoisotopic (exact) mass is 341 g/mol. The number of hydrogen-bond donors (Lipinski definition) is 1. The number of aromatic nitrogens is 2. The van der Waals surface area contributed by atoms with E-state index < -0.39 is 5.56 Å². The second-order valence-electron chi connectivity index (χ2n) is 6.15. The normalized spacial score (nSPS) is 10.9. The summed E-state index contributed by atoms with van der Waals surface area (Å²) in [5.41, 5.74) is 0.875. The Bertz CT molecular complexity index is 1290. The fourth-order valence-electron chi connectivity index (χ4n) is 3.25. The van der Waals surface area contributed by atoms with Crippen LogP contribution in [0.15, 0.2) is 70.4 Å². The molecule has 2 aromatic heterocycles. The van der Waals surface area contributed by atoms with Crippen LogP contribution in [0.4, 0.5) is 0 Å². The molecule has 0 unspecified atom stereocenters. The van der Waals surface area contributed by atoms with Gasteiger partial charge >= 0.3 is 0 Å². The lowest BCUT2D eigenvalue weighted by Crippen LogP contribution is -2.22. The number of hydrogen-bond acceptors (Lipinski definition) is 3. The van der Waals surface area contributed by atoms with Crippen LogP contribution >= 0.6 is 0 Å². The predicted octanol–water partition coefficient (Wildman–Crippen LogP) is 2.96. The molecule has 0 amide bonds. The number of H-pyrrole nitrogens is 1. The molecule has 0 aliphatic rings. The van der Waals surface area contributed by atoms with Crippen molar-refractivity contribution in [2.75, 3.05) is 0 Å². The number of nitrogens with zero attached hydrogens (tertiary/aromatic N) is 2. The van der Waals surface area contributed by atoms with E-state index in [1.165, 1.54) is 22.4 Å². The number of aromatic amines is 1. The minimum atomic E-state index is -0.479. The molecule has 0 saturated carbocycles. The Morgan fingerprint density at radius 1 is 1.00 bits per heavy atom. The summed E-state index contributed by atoms with van der Waals surface area (Å²) in [6.07, 6.45) is 2.39. The summed E-state index contributed by atoms with van der Waals surface area (Å²) in [5, 5.41) is 11.7. The van der Waals surface area contributed by atoms with Gasteiger partial charge in [-0.15, -0.1) is 0 Å². The lowest BCUT2D eigenvalue weighted by atomic mass is 10.0. The fraction of sp³-hybridized carbons (Fsp3) is 0.0952. The van der Waals surface area contributed by atoms with Gasteiger partial charge in [-0.3, -0.25) is 9.59 Å². The molecule has 4 aromatic rings. The molecule has 26 heavy (non-hydrogen) atoms. The van der Waals surface area contributed by atoms with E-state index in [0.29, 0.717) is 23.9 Å². The van der Waals surface area contributed by atoms with Crippen LogP contribution in [0.2, 0.25) is 0 Å². The van der Waals surface area contributed by atoms with Crippen LogP contribution in [-0.2, 0) is 13.0 Å². The average Bonchev–Trinajstić information content (AvgIpc) is 2.67. The molecule has 0 aliphatic heterocycles. The van der Waals surface area contributed by atoms with Crippen molar-refractivity contribution in [3.8, 4) is 6.07 Å². The molecule has 2 aromatic carbocycles. The van der Waals surface area contributed by atoms with Crippen LogP contribution in [0.25, 0.3) is 21.7 Å². The summed E-state index contributed by atoms with van der Waals surface area (Å²) in [6.45, 7) is 0.518. The minimum Gasteiger partial charge on any atom is -0.321 e. The molecule has 0 aliphatic carbocycles. The maximum absolute atomic E-state index is 12.7. The van der Waals surface area contributed by atoms with Crippen LogP contribution in [0.5, 0.6) is 0 Å². The van der Waals surface area contributed by atoms with Crippen molar-refractivity contribution in [2.45, 2.75) is 13.0 Å². The molecule has 2 heterocycles. The average molecular weight is 341 g/mol. The number of nitrogens with one attached hydrogen (secondary N) is 1. The first-order valence-electron chi connectivity index (χ1n) is 8.30. The van der Waals surface area contributed by atoms with Gasteiger partial charge in [-0.25, -0.2) is 0 Å². The summed E-state index contributed by atoms with van der Waals surface area (Å²) in [7, 11) is 0. The van der Waals surface area contributed by atoms with Gasteiger partial charge in [0.15, 0.2) is 0 Å². The molecule has 0 bridgehead atoms. The molecule has 0 fully saturated rings. The molecule has 5 nitrogen and oxygen atoms in total. The molecule has 126 valence electrons. The Morgan fingerprint density at radius 2 is 1.81 bits per heavy atom. The maximum atomic E-state index is 12.7. The standard InChI is InChI=1S/C21H15N3O2/c22-13-16-12-18-19(23-20(16)25)9-11-24(21(18)26)10-8-15-6-3-5-14-4-1-2-7-17(14)15/h1-7,9,11-12H,8,10H2,(H,23,25). The van der Waals surface area contributed by atoms with Crippen molar-refractivity contribution in [1.29, 1.82) is 5.26 Å². The lowest BCUT2D eigenvalue weighted by molar-refractivity contribution is 0.677. The van der Waals surface area contributed by atoms with E-state index in [1.807, 2.05) is 24.3 Å². The van der Waals surface area contributed by atoms with Crippen LogP contribution in [-0.4, -0.2) is 9.55 Å². The molecule has 4 rings (SSSR count). The summed E-state index contributed by atoms with van der Waals surface area (Å²) in [6, 6.07) is 19.2. The Labute approximate surface area is 148 Å². The highest BCUT2D eigenvalue weighted by molar-refractivity contribution is 5.85. The van der Waals surface area contributed by atoms with Crippen molar-refractivity contribution in [2.24, 2.45) is 0 Å². The van der Waals surface area contributed by atoms with Crippen LogP contribution in [0.1, 0.15) is 11.1 Å². The first-order chi connectivity index (χ1) is 12.7. The van der Waals surface area contributed by atoms with Gasteiger partial charge in [0, 0.05) is 12.7 Å². The molecule has 5 heteroatoms. The third-order valence-corrected chi connectivity index (χ3v) is 4.61. The van der Waals surface area contributed by atoms with Gasteiger partial charge in [-0.2, -0.15) is 5.26 Å². The smallest absolute Gasteiger partial charge is 0.266 e. The van der Waals surface area contributed by atoms with E-state index in [4.69, 9.17) is 5.26 Å². The Balaban J connectivity index is 1.72. The maximum Gasteiger partial charge on any atom is 0.266 e. The number of pyridine rings is 2. The third kappa shape index (κ3) is 2.68. The summed E-state index contributed by atoms with van der Waals surface area (Å²) in [5.74, 6) is 0. The van der Waals surface area contributed by atoms with Gasteiger partial charge in [-0.1, -0.05) is 42.5 Å². The topological polar surface area (TPSA) is 78.7 Å². The van der Waals surface area contributed by atoms with E-state index in [2.05, 4.69) is 29.2 Å². The second-order valence-corrected chi connectivity index (χ2v) is 6.15. The molecular formula is C21H15N3O2. The quantitative estimate of drug-likeness (QED) is 0.622. The third-order valence-electron chi connectivity index (χ3n) is 4.61. The van der Waals surface area contributed by atoms with Gasteiger partial charge in [-0.05, 0) is 34.9 Å². The number of rotatable bonds is 3.